The lowest BCUT2D eigenvalue weighted by atomic mass is 10.2. The molecule has 0 saturated carbocycles. The number of benzene rings is 2. The quantitative estimate of drug-likeness (QED) is 0.185. The number of ether oxygens (including phenoxy) is 1. The number of thioether (sulfide) groups is 1. The number of nitro groups is 1. The summed E-state index contributed by atoms with van der Waals surface area (Å²) in [7, 11) is -1.06. The average Bonchev–Trinajstić information content (AvgIpc) is 2.66. The summed E-state index contributed by atoms with van der Waals surface area (Å²) < 4.78 is 65.4. The molecule has 2 aromatic carbocycles. The molecule has 2 aromatic rings. The van der Waals surface area contributed by atoms with Crippen LogP contribution in [0, 0.1) is 10.1 Å². The van der Waals surface area contributed by atoms with Crippen molar-refractivity contribution in [2.45, 2.75) is 11.1 Å². The molecule has 0 unspecified atom stereocenters. The van der Waals surface area contributed by atoms with Gasteiger partial charge in [0.1, 0.15) is 17.0 Å². The summed E-state index contributed by atoms with van der Waals surface area (Å²) in [5.41, 5.74) is -1.42. The second-order valence-electron chi connectivity index (χ2n) is 5.38. The Bertz CT molecular complexity index is 951. The Hall–Kier alpha value is -1.78. The first-order chi connectivity index (χ1) is 13.5. The zero-order valence-corrected chi connectivity index (χ0v) is 17.4. The van der Waals surface area contributed by atoms with Gasteiger partial charge in [0.25, 0.3) is 5.69 Å². The maximum Gasteiger partial charge on any atom is 0.416 e. The van der Waals surface area contributed by atoms with Gasteiger partial charge in [0.15, 0.2) is 0 Å². The van der Waals surface area contributed by atoms with Gasteiger partial charge in [-0.05, 0) is 24.3 Å². The van der Waals surface area contributed by atoms with Gasteiger partial charge < -0.3 is 13.8 Å². The van der Waals surface area contributed by atoms with Crippen molar-refractivity contribution >= 4 is 36.6 Å². The highest BCUT2D eigenvalue weighted by molar-refractivity contribution is 8.04. The van der Waals surface area contributed by atoms with E-state index in [-0.39, 0.29) is 32.6 Å². The molecule has 0 heterocycles. The van der Waals surface area contributed by atoms with Crippen LogP contribution in [-0.4, -0.2) is 24.6 Å². The fraction of sp³-hybridized carbons (Fsp3) is 0.250. The van der Waals surface area contributed by atoms with Crippen LogP contribution in [0.2, 0.25) is 5.02 Å². The SMILES string of the molecule is COP(=O)(CSc1cc(Oc2ccc(C(F)(F)F)cc2Cl)ccc1[N+](=O)[O-])OC. The molecule has 0 aliphatic rings. The van der Waals surface area contributed by atoms with E-state index in [1.165, 1.54) is 26.4 Å². The van der Waals surface area contributed by atoms with Gasteiger partial charge >= 0.3 is 13.8 Å². The number of nitrogens with zero attached hydrogens (tertiary/aromatic N) is 1. The fourth-order valence-electron chi connectivity index (χ4n) is 2.04. The van der Waals surface area contributed by atoms with Crippen molar-refractivity contribution < 1.29 is 36.4 Å². The van der Waals surface area contributed by atoms with Crippen molar-refractivity contribution in [2.24, 2.45) is 0 Å². The van der Waals surface area contributed by atoms with Gasteiger partial charge in [-0.1, -0.05) is 11.6 Å². The largest absolute Gasteiger partial charge is 0.456 e. The van der Waals surface area contributed by atoms with E-state index in [1.807, 2.05) is 0 Å². The Morgan fingerprint density at radius 3 is 2.34 bits per heavy atom. The lowest BCUT2D eigenvalue weighted by molar-refractivity contribution is -0.387. The van der Waals surface area contributed by atoms with Gasteiger partial charge in [-0.3, -0.25) is 14.7 Å². The third-order valence-electron chi connectivity index (χ3n) is 3.55. The van der Waals surface area contributed by atoms with E-state index in [9.17, 15) is 27.9 Å². The summed E-state index contributed by atoms with van der Waals surface area (Å²) in [6, 6.07) is 6.26. The second-order valence-corrected chi connectivity index (χ2v) is 9.50. The minimum Gasteiger partial charge on any atom is -0.456 e. The molecule has 0 atom stereocenters. The minimum atomic E-state index is -4.56. The summed E-state index contributed by atoms with van der Waals surface area (Å²) >= 11 is 6.71. The highest BCUT2D eigenvalue weighted by Crippen LogP contribution is 2.52. The van der Waals surface area contributed by atoms with Crippen molar-refractivity contribution in [1.29, 1.82) is 0 Å². The predicted molar refractivity (Wildman–Crippen MR) is 102 cm³/mol. The van der Waals surface area contributed by atoms with Crippen molar-refractivity contribution in [1.82, 2.24) is 0 Å². The third kappa shape index (κ3) is 6.10. The van der Waals surface area contributed by atoms with Gasteiger partial charge in [0, 0.05) is 26.4 Å². The standard InChI is InChI=1S/C16H14ClF3NO6PS/c1-25-28(24,26-2)9-29-15-8-11(4-5-13(15)21(22)23)27-14-6-3-10(7-12(14)17)16(18,19)20/h3-8H,9H2,1-2H3. The van der Waals surface area contributed by atoms with E-state index in [1.54, 1.807) is 0 Å². The van der Waals surface area contributed by atoms with Crippen LogP contribution in [0.1, 0.15) is 5.56 Å². The highest BCUT2D eigenvalue weighted by Gasteiger charge is 2.31. The molecule has 0 fully saturated rings. The topological polar surface area (TPSA) is 87.9 Å². The van der Waals surface area contributed by atoms with Crippen LogP contribution >= 0.6 is 31.0 Å². The van der Waals surface area contributed by atoms with E-state index in [4.69, 9.17) is 25.4 Å². The monoisotopic (exact) mass is 471 g/mol. The van der Waals surface area contributed by atoms with Crippen LogP contribution in [0.5, 0.6) is 11.5 Å². The Balaban J connectivity index is 2.31. The number of nitro benzene ring substituents is 1. The van der Waals surface area contributed by atoms with E-state index in [0.717, 1.165) is 30.0 Å². The van der Waals surface area contributed by atoms with E-state index >= 15 is 0 Å². The fourth-order valence-corrected chi connectivity index (χ4v) is 4.93. The Labute approximate surface area is 172 Å². The molecule has 7 nitrogen and oxygen atoms in total. The molecule has 29 heavy (non-hydrogen) atoms. The molecule has 0 spiro atoms. The van der Waals surface area contributed by atoms with Gasteiger partial charge in [0.2, 0.25) is 0 Å². The maximum absolute atomic E-state index is 12.7. The lowest BCUT2D eigenvalue weighted by Gasteiger charge is -2.14. The average molecular weight is 472 g/mol. The molecule has 0 amide bonds. The summed E-state index contributed by atoms with van der Waals surface area (Å²) in [5.74, 6) is 0.0216. The zero-order valence-electron chi connectivity index (χ0n) is 14.9. The summed E-state index contributed by atoms with van der Waals surface area (Å²) in [4.78, 5) is 10.7. The van der Waals surface area contributed by atoms with Crippen LogP contribution in [0.15, 0.2) is 41.3 Å². The first-order valence-corrected chi connectivity index (χ1v) is 10.7. The Morgan fingerprint density at radius 2 is 1.83 bits per heavy atom. The molecule has 0 bridgehead atoms. The molecular weight excluding hydrogens is 458 g/mol. The van der Waals surface area contributed by atoms with E-state index in [0.29, 0.717) is 6.07 Å². The predicted octanol–water partition coefficient (Wildman–Crippen LogP) is 6.59. The third-order valence-corrected chi connectivity index (χ3v) is 7.38. The number of halogens is 4. The Morgan fingerprint density at radius 1 is 1.17 bits per heavy atom. The minimum absolute atomic E-state index is 0.0658. The van der Waals surface area contributed by atoms with Crippen molar-refractivity contribution in [3.05, 3.63) is 57.1 Å². The second kappa shape index (κ2) is 9.36. The van der Waals surface area contributed by atoms with Crippen LogP contribution in [0.25, 0.3) is 0 Å². The van der Waals surface area contributed by atoms with Crippen LogP contribution in [0.4, 0.5) is 18.9 Å². The number of hydrogen-bond donors (Lipinski definition) is 0. The van der Waals surface area contributed by atoms with Crippen molar-refractivity contribution in [2.75, 3.05) is 19.7 Å². The molecule has 0 aliphatic carbocycles. The smallest absolute Gasteiger partial charge is 0.416 e. The zero-order chi connectivity index (χ0) is 21.8. The van der Waals surface area contributed by atoms with Crippen molar-refractivity contribution in [3.8, 4) is 11.5 Å². The molecular formula is C16H14ClF3NO6PS. The molecule has 0 aliphatic heterocycles. The molecule has 0 aromatic heterocycles. The van der Waals surface area contributed by atoms with Gasteiger partial charge in [-0.2, -0.15) is 13.2 Å². The Kier molecular flexibility index (Phi) is 7.58. The van der Waals surface area contributed by atoms with Crippen LogP contribution in [-0.2, 0) is 19.8 Å². The van der Waals surface area contributed by atoms with E-state index in [2.05, 4.69) is 0 Å². The number of hydrogen-bond acceptors (Lipinski definition) is 7. The summed E-state index contributed by atoms with van der Waals surface area (Å²) in [6.07, 6.45) is -4.56. The molecule has 2 rings (SSSR count). The normalized spacial score (nSPS) is 12.1. The van der Waals surface area contributed by atoms with Crippen LogP contribution < -0.4 is 4.74 Å². The molecule has 0 radical (unpaired) electrons. The maximum atomic E-state index is 12.7. The summed E-state index contributed by atoms with van der Waals surface area (Å²) in [5, 5.41) is 11.0. The number of rotatable bonds is 8. The first-order valence-electron chi connectivity index (χ1n) is 7.65. The van der Waals surface area contributed by atoms with Gasteiger partial charge in [-0.15, -0.1) is 11.8 Å². The van der Waals surface area contributed by atoms with Gasteiger partial charge in [0.05, 0.1) is 20.4 Å². The lowest BCUT2D eigenvalue weighted by Crippen LogP contribution is -2.04. The summed E-state index contributed by atoms with van der Waals surface area (Å²) in [6.45, 7) is 0. The van der Waals surface area contributed by atoms with Crippen molar-refractivity contribution in [3.63, 3.8) is 0 Å². The first kappa shape index (κ1) is 23.5. The highest BCUT2D eigenvalue weighted by atomic mass is 35.5. The number of alkyl halides is 3. The molecule has 13 heteroatoms. The van der Waals surface area contributed by atoms with E-state index < -0.39 is 24.3 Å². The molecule has 0 N–H and O–H groups in total. The molecule has 0 saturated heterocycles. The molecule has 158 valence electrons. The van der Waals surface area contributed by atoms with Crippen LogP contribution in [0.3, 0.4) is 0 Å². The van der Waals surface area contributed by atoms with Gasteiger partial charge in [-0.25, -0.2) is 0 Å².